The number of rotatable bonds is 4. The average Bonchev–Trinajstić information content (AvgIpc) is 2.09. The third-order valence-corrected chi connectivity index (χ3v) is 3.70. The van der Waals surface area contributed by atoms with Gasteiger partial charge >= 0.3 is 0 Å². The first-order chi connectivity index (χ1) is 7.30. The molecule has 3 unspecified atom stereocenters. The molecule has 3 N–H and O–H groups in total. The number of likely N-dealkylation sites (N-methyl/N-ethyl adjacent to an activating group) is 1. The smallest absolute Gasteiger partial charge is 0.0638 e. The van der Waals surface area contributed by atoms with Crippen molar-refractivity contribution in [3.05, 3.63) is 0 Å². The molecule has 16 heavy (non-hydrogen) atoms. The second kappa shape index (κ2) is 5.48. The summed E-state index contributed by atoms with van der Waals surface area (Å²) in [6.07, 6.45) is 3.33. The van der Waals surface area contributed by atoms with Crippen LogP contribution in [-0.4, -0.2) is 42.3 Å². The van der Waals surface area contributed by atoms with Crippen molar-refractivity contribution in [3.63, 3.8) is 0 Å². The summed E-state index contributed by atoms with van der Waals surface area (Å²) >= 11 is 0. The highest BCUT2D eigenvalue weighted by molar-refractivity contribution is 4.88. The highest BCUT2D eigenvalue weighted by Gasteiger charge is 2.33. The normalized spacial score (nSPS) is 31.7. The summed E-state index contributed by atoms with van der Waals surface area (Å²) in [6, 6.07) is 0.337. The molecular formula is C13H28N2O. The van der Waals surface area contributed by atoms with Gasteiger partial charge in [-0.2, -0.15) is 0 Å². The van der Waals surface area contributed by atoms with E-state index in [-0.39, 0.29) is 6.10 Å². The van der Waals surface area contributed by atoms with E-state index in [2.05, 4.69) is 25.8 Å². The van der Waals surface area contributed by atoms with Crippen molar-refractivity contribution in [2.24, 2.45) is 17.1 Å². The second-order valence-electron chi connectivity index (χ2n) is 6.40. The van der Waals surface area contributed by atoms with Crippen LogP contribution < -0.4 is 5.73 Å². The highest BCUT2D eigenvalue weighted by atomic mass is 16.3. The van der Waals surface area contributed by atoms with E-state index in [9.17, 15) is 5.11 Å². The Hall–Kier alpha value is -0.120. The fraction of sp³-hybridized carbons (Fsp3) is 1.00. The third kappa shape index (κ3) is 4.40. The maximum Gasteiger partial charge on any atom is 0.0638 e. The van der Waals surface area contributed by atoms with Gasteiger partial charge in [-0.05, 0) is 44.6 Å². The molecule has 3 atom stereocenters. The van der Waals surface area contributed by atoms with Crippen molar-refractivity contribution in [2.75, 3.05) is 20.1 Å². The van der Waals surface area contributed by atoms with Crippen molar-refractivity contribution in [2.45, 2.75) is 52.2 Å². The van der Waals surface area contributed by atoms with Gasteiger partial charge in [0.05, 0.1) is 6.10 Å². The van der Waals surface area contributed by atoms with Crippen LogP contribution in [0.4, 0.5) is 0 Å². The number of nitrogens with two attached hydrogens (primary N) is 1. The van der Waals surface area contributed by atoms with Crippen LogP contribution in [0.5, 0.6) is 0 Å². The first-order valence-corrected chi connectivity index (χ1v) is 6.42. The Labute approximate surface area is 100 Å². The largest absolute Gasteiger partial charge is 0.392 e. The topological polar surface area (TPSA) is 49.5 Å². The molecule has 1 fully saturated rings. The highest BCUT2D eigenvalue weighted by Crippen LogP contribution is 2.38. The van der Waals surface area contributed by atoms with Crippen LogP contribution in [0.2, 0.25) is 0 Å². The number of hydrogen-bond donors (Lipinski definition) is 2. The van der Waals surface area contributed by atoms with Crippen molar-refractivity contribution in [1.82, 2.24) is 4.90 Å². The molecule has 0 aliphatic heterocycles. The Balaban J connectivity index is 2.45. The van der Waals surface area contributed by atoms with Gasteiger partial charge in [0.1, 0.15) is 0 Å². The molecule has 0 aromatic carbocycles. The lowest BCUT2D eigenvalue weighted by Gasteiger charge is -2.40. The monoisotopic (exact) mass is 228 g/mol. The fourth-order valence-electron chi connectivity index (χ4n) is 2.88. The summed E-state index contributed by atoms with van der Waals surface area (Å²) in [5, 5.41) is 9.35. The third-order valence-electron chi connectivity index (χ3n) is 3.70. The van der Waals surface area contributed by atoms with Crippen molar-refractivity contribution < 1.29 is 5.11 Å². The number of aliphatic hydroxyl groups excluding tert-OH is 1. The average molecular weight is 228 g/mol. The minimum Gasteiger partial charge on any atom is -0.392 e. The fourth-order valence-corrected chi connectivity index (χ4v) is 2.88. The molecule has 3 heteroatoms. The zero-order valence-electron chi connectivity index (χ0n) is 11.2. The van der Waals surface area contributed by atoms with Gasteiger partial charge in [0.2, 0.25) is 0 Å². The van der Waals surface area contributed by atoms with Gasteiger partial charge in [-0.1, -0.05) is 13.8 Å². The summed E-state index contributed by atoms with van der Waals surface area (Å²) in [4.78, 5) is 2.20. The predicted molar refractivity (Wildman–Crippen MR) is 68.3 cm³/mol. The molecular weight excluding hydrogens is 200 g/mol. The van der Waals surface area contributed by atoms with E-state index in [4.69, 9.17) is 5.73 Å². The van der Waals surface area contributed by atoms with Crippen molar-refractivity contribution >= 4 is 0 Å². The Morgan fingerprint density at radius 1 is 1.50 bits per heavy atom. The molecule has 0 amide bonds. The second-order valence-corrected chi connectivity index (χ2v) is 6.40. The number of hydrogen-bond acceptors (Lipinski definition) is 3. The number of aliphatic hydroxyl groups is 1. The van der Waals surface area contributed by atoms with Crippen LogP contribution in [0.1, 0.15) is 40.0 Å². The van der Waals surface area contributed by atoms with Gasteiger partial charge in [-0.15, -0.1) is 0 Å². The zero-order chi connectivity index (χ0) is 12.3. The van der Waals surface area contributed by atoms with Crippen LogP contribution in [-0.2, 0) is 0 Å². The minimum absolute atomic E-state index is 0.252. The molecule has 1 rings (SSSR count). The lowest BCUT2D eigenvalue weighted by molar-refractivity contribution is 0.0947. The molecule has 3 nitrogen and oxygen atoms in total. The van der Waals surface area contributed by atoms with Crippen LogP contribution in [0, 0.1) is 11.3 Å². The van der Waals surface area contributed by atoms with E-state index in [0.29, 0.717) is 17.4 Å². The predicted octanol–water partition coefficient (Wildman–Crippen LogP) is 1.45. The number of nitrogens with zero attached hydrogens (tertiary/aromatic N) is 1. The summed E-state index contributed by atoms with van der Waals surface area (Å²) in [5.41, 5.74) is 6.63. The zero-order valence-corrected chi connectivity index (χ0v) is 11.2. The van der Waals surface area contributed by atoms with E-state index in [0.717, 1.165) is 19.5 Å². The van der Waals surface area contributed by atoms with E-state index in [1.54, 1.807) is 0 Å². The maximum atomic E-state index is 9.35. The molecule has 96 valence electrons. The standard InChI is InChI=1S/C13H28N2O/c1-10(16)8-15(4)9-11-7-13(2,3)6-5-12(11)14/h10-12,16H,5-9,14H2,1-4H3. The quantitative estimate of drug-likeness (QED) is 0.766. The van der Waals surface area contributed by atoms with E-state index >= 15 is 0 Å². The lowest BCUT2D eigenvalue weighted by atomic mass is 9.70. The van der Waals surface area contributed by atoms with Gasteiger partial charge in [-0.25, -0.2) is 0 Å². The SMILES string of the molecule is CC(O)CN(C)CC1CC(C)(C)CCC1N. The molecule has 0 radical (unpaired) electrons. The van der Waals surface area contributed by atoms with Crippen LogP contribution in [0.15, 0.2) is 0 Å². The van der Waals surface area contributed by atoms with E-state index in [1.807, 2.05) is 6.92 Å². The van der Waals surface area contributed by atoms with Crippen LogP contribution in [0.25, 0.3) is 0 Å². The molecule has 1 saturated carbocycles. The maximum absolute atomic E-state index is 9.35. The van der Waals surface area contributed by atoms with Gasteiger partial charge < -0.3 is 15.7 Å². The molecule has 0 bridgehead atoms. The van der Waals surface area contributed by atoms with Crippen molar-refractivity contribution in [3.8, 4) is 0 Å². The summed E-state index contributed by atoms with van der Waals surface area (Å²) in [7, 11) is 2.07. The molecule has 1 aliphatic carbocycles. The van der Waals surface area contributed by atoms with Crippen LogP contribution in [0.3, 0.4) is 0 Å². The lowest BCUT2D eigenvalue weighted by Crippen LogP contribution is -2.45. The Morgan fingerprint density at radius 2 is 2.12 bits per heavy atom. The summed E-state index contributed by atoms with van der Waals surface area (Å²) in [6.45, 7) is 8.25. The summed E-state index contributed by atoms with van der Waals surface area (Å²) in [5.74, 6) is 0.576. The minimum atomic E-state index is -0.252. The Morgan fingerprint density at radius 3 is 2.69 bits per heavy atom. The molecule has 0 saturated heterocycles. The summed E-state index contributed by atoms with van der Waals surface area (Å²) < 4.78 is 0. The van der Waals surface area contributed by atoms with Gasteiger partial charge in [-0.3, -0.25) is 0 Å². The van der Waals surface area contributed by atoms with E-state index < -0.39 is 0 Å². The molecule has 0 spiro atoms. The first-order valence-electron chi connectivity index (χ1n) is 6.42. The first kappa shape index (κ1) is 13.9. The van der Waals surface area contributed by atoms with Gasteiger partial charge in [0.25, 0.3) is 0 Å². The van der Waals surface area contributed by atoms with Crippen LogP contribution >= 0.6 is 0 Å². The molecule has 0 aromatic heterocycles. The van der Waals surface area contributed by atoms with Gasteiger partial charge in [0.15, 0.2) is 0 Å². The molecule has 1 aliphatic rings. The Kier molecular flexibility index (Phi) is 4.77. The molecule has 0 aromatic rings. The Bertz CT molecular complexity index is 216. The van der Waals surface area contributed by atoms with Crippen molar-refractivity contribution in [1.29, 1.82) is 0 Å². The molecule has 0 heterocycles. The van der Waals surface area contributed by atoms with E-state index in [1.165, 1.54) is 12.8 Å². The van der Waals surface area contributed by atoms with Gasteiger partial charge in [0, 0.05) is 19.1 Å².